The van der Waals surface area contributed by atoms with E-state index in [2.05, 4.69) is 64.2 Å². The van der Waals surface area contributed by atoms with Crippen LogP contribution in [0.3, 0.4) is 0 Å². The molecule has 0 spiro atoms. The molecule has 1 aliphatic heterocycles. The van der Waals surface area contributed by atoms with Crippen LogP contribution in [-0.2, 0) is 24.3 Å². The van der Waals surface area contributed by atoms with Crippen LogP contribution in [0.15, 0.2) is 72.8 Å². The van der Waals surface area contributed by atoms with Gasteiger partial charge in [0.25, 0.3) is 0 Å². The van der Waals surface area contributed by atoms with Gasteiger partial charge < -0.3 is 14.8 Å². The molecule has 31 heavy (non-hydrogen) atoms. The standard InChI is InChI=1S/C26H26N4O/c1-19-17-21(12-13-22(19)28-26(31)14-11-20-7-3-2-4-8-20)29-15-16-30-24-10-6-5-9-23(24)27-25(30)18-29/h2-10,12-13,17H,11,14-16,18H2,1H3,(H,28,31). The fourth-order valence-corrected chi connectivity index (χ4v) is 4.29. The van der Waals surface area contributed by atoms with Crippen molar-refractivity contribution in [3.05, 3.63) is 89.7 Å². The van der Waals surface area contributed by atoms with Crippen LogP contribution in [0.2, 0.25) is 0 Å². The Labute approximate surface area is 182 Å². The topological polar surface area (TPSA) is 50.2 Å². The second-order valence-corrected chi connectivity index (χ2v) is 8.12. The Bertz CT molecular complexity index is 1230. The van der Waals surface area contributed by atoms with Gasteiger partial charge in [-0.05, 0) is 54.8 Å². The molecular formula is C26H26N4O. The summed E-state index contributed by atoms with van der Waals surface area (Å²) in [6.07, 6.45) is 1.23. The van der Waals surface area contributed by atoms with E-state index in [1.807, 2.05) is 30.3 Å². The first-order valence-electron chi connectivity index (χ1n) is 10.8. The van der Waals surface area contributed by atoms with Crippen molar-refractivity contribution >= 4 is 28.3 Å². The van der Waals surface area contributed by atoms with Gasteiger partial charge in [-0.15, -0.1) is 0 Å². The maximum atomic E-state index is 12.4. The second-order valence-electron chi connectivity index (χ2n) is 8.12. The van der Waals surface area contributed by atoms with Crippen molar-refractivity contribution in [2.45, 2.75) is 32.9 Å². The van der Waals surface area contributed by atoms with Gasteiger partial charge in [-0.25, -0.2) is 4.98 Å². The van der Waals surface area contributed by atoms with E-state index in [1.54, 1.807) is 0 Å². The zero-order valence-electron chi connectivity index (χ0n) is 17.7. The molecule has 0 saturated carbocycles. The van der Waals surface area contributed by atoms with Gasteiger partial charge in [0.05, 0.1) is 17.6 Å². The highest BCUT2D eigenvalue weighted by atomic mass is 16.1. The van der Waals surface area contributed by atoms with E-state index in [1.165, 1.54) is 11.1 Å². The largest absolute Gasteiger partial charge is 0.362 e. The summed E-state index contributed by atoms with van der Waals surface area (Å²) in [5.74, 6) is 1.15. The van der Waals surface area contributed by atoms with Crippen LogP contribution in [-0.4, -0.2) is 22.0 Å². The van der Waals surface area contributed by atoms with Crippen LogP contribution >= 0.6 is 0 Å². The van der Waals surface area contributed by atoms with Crippen LogP contribution in [0, 0.1) is 6.92 Å². The van der Waals surface area contributed by atoms with Gasteiger partial charge >= 0.3 is 0 Å². The average molecular weight is 411 g/mol. The van der Waals surface area contributed by atoms with Crippen LogP contribution in [0.25, 0.3) is 11.0 Å². The molecule has 1 aliphatic rings. The summed E-state index contributed by atoms with van der Waals surface area (Å²) in [7, 11) is 0. The summed E-state index contributed by atoms with van der Waals surface area (Å²) < 4.78 is 2.32. The Hall–Kier alpha value is -3.60. The number of para-hydroxylation sites is 2. The average Bonchev–Trinajstić information content (AvgIpc) is 3.17. The van der Waals surface area contributed by atoms with Gasteiger partial charge in [-0.1, -0.05) is 42.5 Å². The summed E-state index contributed by atoms with van der Waals surface area (Å²) >= 11 is 0. The highest BCUT2D eigenvalue weighted by molar-refractivity contribution is 5.92. The number of benzene rings is 3. The van der Waals surface area contributed by atoms with Crippen molar-refractivity contribution in [3.8, 4) is 0 Å². The molecule has 0 radical (unpaired) electrons. The van der Waals surface area contributed by atoms with Gasteiger partial charge in [0.2, 0.25) is 5.91 Å². The summed E-state index contributed by atoms with van der Waals surface area (Å²) in [6, 6.07) is 24.7. The highest BCUT2D eigenvalue weighted by Gasteiger charge is 2.20. The number of amides is 1. The quantitative estimate of drug-likeness (QED) is 0.507. The van der Waals surface area contributed by atoms with Crippen molar-refractivity contribution in [3.63, 3.8) is 0 Å². The lowest BCUT2D eigenvalue weighted by Crippen LogP contribution is -2.33. The molecule has 0 fully saturated rings. The summed E-state index contributed by atoms with van der Waals surface area (Å²) in [6.45, 7) is 4.70. The third kappa shape index (κ3) is 4.04. The molecule has 0 aliphatic carbocycles. The Morgan fingerprint density at radius 2 is 1.81 bits per heavy atom. The van der Waals surface area contributed by atoms with Crippen LogP contribution in [0.1, 0.15) is 23.4 Å². The maximum absolute atomic E-state index is 12.4. The van der Waals surface area contributed by atoms with E-state index in [-0.39, 0.29) is 5.91 Å². The lowest BCUT2D eigenvalue weighted by Gasteiger charge is -2.30. The Balaban J connectivity index is 1.25. The zero-order valence-corrected chi connectivity index (χ0v) is 17.7. The minimum atomic E-state index is 0.0476. The van der Waals surface area contributed by atoms with Crippen molar-refractivity contribution in [2.24, 2.45) is 0 Å². The molecule has 156 valence electrons. The number of nitrogens with zero attached hydrogens (tertiary/aromatic N) is 3. The molecule has 0 unspecified atom stereocenters. The van der Waals surface area contributed by atoms with E-state index in [0.717, 1.165) is 54.3 Å². The van der Waals surface area contributed by atoms with E-state index in [4.69, 9.17) is 4.98 Å². The van der Waals surface area contributed by atoms with E-state index >= 15 is 0 Å². The number of aryl methyl sites for hydroxylation is 2. The van der Waals surface area contributed by atoms with Crippen LogP contribution in [0.4, 0.5) is 11.4 Å². The minimum Gasteiger partial charge on any atom is -0.362 e. The van der Waals surface area contributed by atoms with E-state index < -0.39 is 0 Å². The van der Waals surface area contributed by atoms with E-state index in [9.17, 15) is 4.79 Å². The Morgan fingerprint density at radius 3 is 2.65 bits per heavy atom. The molecule has 2 heterocycles. The molecular weight excluding hydrogens is 384 g/mol. The van der Waals surface area contributed by atoms with Crippen LogP contribution in [0.5, 0.6) is 0 Å². The third-order valence-electron chi connectivity index (χ3n) is 5.99. The normalized spacial score (nSPS) is 13.3. The predicted molar refractivity (Wildman–Crippen MR) is 125 cm³/mol. The molecule has 1 aromatic heterocycles. The lowest BCUT2D eigenvalue weighted by atomic mass is 10.1. The number of rotatable bonds is 5. The number of carbonyl (C=O) groups is 1. The summed E-state index contributed by atoms with van der Waals surface area (Å²) in [4.78, 5) is 19.6. The number of hydrogen-bond donors (Lipinski definition) is 1. The zero-order chi connectivity index (χ0) is 21.2. The summed E-state index contributed by atoms with van der Waals surface area (Å²) in [5.41, 5.74) is 6.57. The van der Waals surface area contributed by atoms with Gasteiger partial charge in [-0.2, -0.15) is 0 Å². The number of carbonyl (C=O) groups excluding carboxylic acids is 1. The minimum absolute atomic E-state index is 0.0476. The van der Waals surface area contributed by atoms with Gasteiger partial charge in [0.1, 0.15) is 5.82 Å². The first kappa shape index (κ1) is 19.4. The monoisotopic (exact) mass is 410 g/mol. The molecule has 5 nitrogen and oxygen atoms in total. The molecule has 3 aromatic carbocycles. The van der Waals surface area contributed by atoms with Crippen LogP contribution < -0.4 is 10.2 Å². The van der Waals surface area contributed by atoms with Crippen molar-refractivity contribution < 1.29 is 4.79 Å². The molecule has 5 heteroatoms. The van der Waals surface area contributed by atoms with Gasteiger partial charge in [0, 0.05) is 30.9 Å². The number of nitrogens with one attached hydrogen (secondary N) is 1. The first-order valence-corrected chi connectivity index (χ1v) is 10.8. The number of anilines is 2. The molecule has 4 aromatic rings. The lowest BCUT2D eigenvalue weighted by molar-refractivity contribution is -0.116. The molecule has 5 rings (SSSR count). The van der Waals surface area contributed by atoms with Crippen molar-refractivity contribution in [1.82, 2.24) is 9.55 Å². The van der Waals surface area contributed by atoms with Crippen molar-refractivity contribution in [1.29, 1.82) is 0 Å². The molecule has 0 saturated heterocycles. The second kappa shape index (κ2) is 8.26. The Kier molecular flexibility index (Phi) is 5.16. The highest BCUT2D eigenvalue weighted by Crippen LogP contribution is 2.28. The number of fused-ring (bicyclic) bond motifs is 3. The summed E-state index contributed by atoms with van der Waals surface area (Å²) in [5, 5.41) is 3.07. The molecule has 1 amide bonds. The number of hydrogen-bond acceptors (Lipinski definition) is 3. The van der Waals surface area contributed by atoms with E-state index in [0.29, 0.717) is 6.42 Å². The molecule has 0 atom stereocenters. The van der Waals surface area contributed by atoms with Crippen molar-refractivity contribution in [2.75, 3.05) is 16.8 Å². The van der Waals surface area contributed by atoms with Gasteiger partial charge in [-0.3, -0.25) is 4.79 Å². The first-order chi connectivity index (χ1) is 15.2. The third-order valence-corrected chi connectivity index (χ3v) is 5.99. The molecule has 1 N–H and O–H groups in total. The fraction of sp³-hybridized carbons (Fsp3) is 0.231. The fourth-order valence-electron chi connectivity index (χ4n) is 4.29. The maximum Gasteiger partial charge on any atom is 0.224 e. The number of imidazole rings is 1. The smallest absolute Gasteiger partial charge is 0.224 e. The Morgan fingerprint density at radius 1 is 1.00 bits per heavy atom. The van der Waals surface area contributed by atoms with Gasteiger partial charge in [0.15, 0.2) is 0 Å². The number of aromatic nitrogens is 2. The molecule has 0 bridgehead atoms. The predicted octanol–water partition coefficient (Wildman–Crippen LogP) is 4.94. The SMILES string of the molecule is Cc1cc(N2CCn3c(nc4ccccc43)C2)ccc1NC(=O)CCc1ccccc1.